The second kappa shape index (κ2) is 6.54. The Morgan fingerprint density at radius 1 is 1.29 bits per heavy atom. The van der Waals surface area contributed by atoms with Crippen molar-refractivity contribution in [1.82, 2.24) is 9.88 Å². The topological polar surface area (TPSA) is 114 Å². The lowest BCUT2D eigenvalue weighted by atomic mass is 10.2. The highest BCUT2D eigenvalue weighted by molar-refractivity contribution is 7.85. The molecule has 1 unspecified atom stereocenters. The molecule has 1 heterocycles. The summed E-state index contributed by atoms with van der Waals surface area (Å²) in [5.41, 5.74) is 1.80. The van der Waals surface area contributed by atoms with Crippen molar-refractivity contribution >= 4 is 21.0 Å². The van der Waals surface area contributed by atoms with Crippen LogP contribution in [0.25, 0.3) is 10.9 Å². The van der Waals surface area contributed by atoms with Crippen molar-refractivity contribution < 1.29 is 23.2 Å². The summed E-state index contributed by atoms with van der Waals surface area (Å²) in [5.74, 6) is -0.754. The monoisotopic (exact) mass is 314 g/mol. The molecule has 4 N–H and O–H groups in total. The molecule has 0 saturated heterocycles. The van der Waals surface area contributed by atoms with E-state index in [4.69, 9.17) is 4.55 Å². The zero-order valence-corrected chi connectivity index (χ0v) is 12.1. The number of fused-ring (bicyclic) bond motifs is 1. The summed E-state index contributed by atoms with van der Waals surface area (Å²) < 4.78 is 30.1. The molecule has 0 aliphatic rings. The van der Waals surface area contributed by atoms with Crippen molar-refractivity contribution in [2.45, 2.75) is 12.6 Å². The zero-order chi connectivity index (χ0) is 15.5. The molecule has 0 spiro atoms. The predicted molar refractivity (Wildman–Crippen MR) is 78.2 cm³/mol. The van der Waals surface area contributed by atoms with E-state index in [-0.39, 0.29) is 13.3 Å². The first kappa shape index (κ1) is 15.9. The van der Waals surface area contributed by atoms with E-state index in [1.54, 1.807) is 0 Å². The number of aliphatic hydroxyl groups excluding tert-OH is 2. The van der Waals surface area contributed by atoms with Gasteiger partial charge in [0.1, 0.15) is 5.75 Å². The zero-order valence-electron chi connectivity index (χ0n) is 11.3. The molecule has 1 atom stereocenters. The summed E-state index contributed by atoms with van der Waals surface area (Å²) in [6.07, 6.45) is -1.27. The Kier molecular flexibility index (Phi) is 4.96. The maximum Gasteiger partial charge on any atom is 0.267 e. The summed E-state index contributed by atoms with van der Waals surface area (Å²) in [5, 5.41) is 19.9. The third kappa shape index (κ3) is 4.80. The van der Waals surface area contributed by atoms with Gasteiger partial charge < -0.3 is 15.2 Å². The van der Waals surface area contributed by atoms with Gasteiger partial charge in [0.15, 0.2) is 0 Å². The van der Waals surface area contributed by atoms with Crippen molar-refractivity contribution in [3.05, 3.63) is 36.0 Å². The SMILES string of the molecule is O=S(=O)(O)CC(O)CN(CO)Cc1cc2ccccc2[nH]1. The fourth-order valence-electron chi connectivity index (χ4n) is 2.23. The predicted octanol–water partition coefficient (Wildman–Crippen LogP) is 0.168. The summed E-state index contributed by atoms with van der Waals surface area (Å²) in [6, 6.07) is 9.62. The first-order valence-corrected chi connectivity index (χ1v) is 8.01. The Morgan fingerprint density at radius 2 is 2.00 bits per heavy atom. The van der Waals surface area contributed by atoms with Gasteiger partial charge in [-0.2, -0.15) is 8.42 Å². The van der Waals surface area contributed by atoms with Gasteiger partial charge in [0, 0.05) is 24.3 Å². The van der Waals surface area contributed by atoms with Gasteiger partial charge in [-0.1, -0.05) is 18.2 Å². The average Bonchev–Trinajstić information content (AvgIpc) is 2.77. The molecule has 0 bridgehead atoms. The van der Waals surface area contributed by atoms with E-state index < -0.39 is 22.0 Å². The summed E-state index contributed by atoms with van der Waals surface area (Å²) >= 11 is 0. The Morgan fingerprint density at radius 3 is 2.62 bits per heavy atom. The van der Waals surface area contributed by atoms with Crippen LogP contribution in [0, 0.1) is 0 Å². The maximum absolute atomic E-state index is 10.7. The van der Waals surface area contributed by atoms with Crippen LogP contribution >= 0.6 is 0 Å². The Hall–Kier alpha value is -1.45. The molecule has 8 heteroatoms. The van der Waals surface area contributed by atoms with Gasteiger partial charge in [-0.25, -0.2) is 0 Å². The van der Waals surface area contributed by atoms with Crippen LogP contribution in [0.1, 0.15) is 5.69 Å². The van der Waals surface area contributed by atoms with Crippen molar-refractivity contribution in [2.24, 2.45) is 0 Å². The average molecular weight is 314 g/mol. The fourth-order valence-corrected chi connectivity index (χ4v) is 2.82. The van der Waals surface area contributed by atoms with Crippen LogP contribution in [-0.2, 0) is 16.7 Å². The number of rotatable bonds is 7. The first-order chi connectivity index (χ1) is 9.87. The highest BCUT2D eigenvalue weighted by Crippen LogP contribution is 2.16. The molecule has 1 aromatic carbocycles. The molecule has 0 aliphatic heterocycles. The van der Waals surface area contributed by atoms with Crippen molar-refractivity contribution in [2.75, 3.05) is 19.0 Å². The van der Waals surface area contributed by atoms with Crippen LogP contribution in [0.4, 0.5) is 0 Å². The van der Waals surface area contributed by atoms with Crippen LogP contribution in [0.2, 0.25) is 0 Å². The number of para-hydroxylation sites is 1. The lowest BCUT2D eigenvalue weighted by Gasteiger charge is -2.21. The van der Waals surface area contributed by atoms with E-state index >= 15 is 0 Å². The van der Waals surface area contributed by atoms with Gasteiger partial charge in [-0.15, -0.1) is 0 Å². The van der Waals surface area contributed by atoms with Gasteiger partial charge in [0.25, 0.3) is 10.1 Å². The number of aliphatic hydroxyl groups is 2. The second-order valence-electron chi connectivity index (χ2n) is 4.94. The number of aromatic amines is 1. The number of nitrogens with one attached hydrogen (secondary N) is 1. The lowest BCUT2D eigenvalue weighted by Crippen LogP contribution is -2.36. The molecule has 0 aliphatic carbocycles. The molecular weight excluding hydrogens is 296 g/mol. The van der Waals surface area contributed by atoms with E-state index in [9.17, 15) is 18.6 Å². The molecule has 116 valence electrons. The van der Waals surface area contributed by atoms with E-state index in [1.165, 1.54) is 4.90 Å². The minimum absolute atomic E-state index is 0.0638. The van der Waals surface area contributed by atoms with E-state index in [1.807, 2.05) is 30.3 Å². The molecule has 0 amide bonds. The van der Waals surface area contributed by atoms with Gasteiger partial charge in [-0.3, -0.25) is 9.45 Å². The Labute approximate surface area is 122 Å². The lowest BCUT2D eigenvalue weighted by molar-refractivity contribution is 0.0535. The van der Waals surface area contributed by atoms with Crippen LogP contribution in [0.3, 0.4) is 0 Å². The van der Waals surface area contributed by atoms with Crippen LogP contribution < -0.4 is 0 Å². The molecule has 0 fully saturated rings. The van der Waals surface area contributed by atoms with Crippen molar-refractivity contribution in [3.63, 3.8) is 0 Å². The van der Waals surface area contributed by atoms with Crippen molar-refractivity contribution in [1.29, 1.82) is 0 Å². The van der Waals surface area contributed by atoms with E-state index in [0.717, 1.165) is 16.6 Å². The number of H-pyrrole nitrogens is 1. The normalized spacial score (nSPS) is 13.9. The third-order valence-corrected chi connectivity index (χ3v) is 3.86. The third-order valence-electron chi connectivity index (χ3n) is 3.05. The molecule has 1 aromatic heterocycles. The van der Waals surface area contributed by atoms with Gasteiger partial charge >= 0.3 is 0 Å². The highest BCUT2D eigenvalue weighted by atomic mass is 32.2. The largest absolute Gasteiger partial charge is 0.391 e. The van der Waals surface area contributed by atoms with Gasteiger partial charge in [0.05, 0.1) is 12.8 Å². The van der Waals surface area contributed by atoms with E-state index in [0.29, 0.717) is 6.54 Å². The molecule has 2 aromatic rings. The number of aromatic nitrogens is 1. The molecule has 21 heavy (non-hydrogen) atoms. The van der Waals surface area contributed by atoms with Gasteiger partial charge in [0.2, 0.25) is 0 Å². The van der Waals surface area contributed by atoms with Crippen molar-refractivity contribution in [3.8, 4) is 0 Å². The fraction of sp³-hybridized carbons (Fsp3) is 0.385. The molecule has 2 rings (SSSR count). The molecule has 7 nitrogen and oxygen atoms in total. The molecule has 0 radical (unpaired) electrons. The number of nitrogens with zero attached hydrogens (tertiary/aromatic N) is 1. The van der Waals surface area contributed by atoms with E-state index in [2.05, 4.69) is 4.98 Å². The smallest absolute Gasteiger partial charge is 0.267 e. The first-order valence-electron chi connectivity index (χ1n) is 6.40. The minimum Gasteiger partial charge on any atom is -0.391 e. The van der Waals surface area contributed by atoms with Crippen LogP contribution in [0.15, 0.2) is 30.3 Å². The summed E-state index contributed by atoms with van der Waals surface area (Å²) in [4.78, 5) is 4.65. The van der Waals surface area contributed by atoms with Crippen LogP contribution in [0.5, 0.6) is 0 Å². The summed E-state index contributed by atoms with van der Waals surface area (Å²) in [6.45, 7) is -0.0721. The van der Waals surface area contributed by atoms with Crippen LogP contribution in [-0.4, -0.2) is 58.2 Å². The maximum atomic E-state index is 10.7. The number of hydrogen-bond acceptors (Lipinski definition) is 5. The summed E-state index contributed by atoms with van der Waals surface area (Å²) in [7, 11) is -4.24. The Bertz CT molecular complexity index is 664. The number of hydrogen-bond donors (Lipinski definition) is 4. The Balaban J connectivity index is 2.01. The minimum atomic E-state index is -4.24. The van der Waals surface area contributed by atoms with Gasteiger partial charge in [-0.05, 0) is 17.5 Å². The molecule has 0 saturated carbocycles. The molecular formula is C13H18N2O5S. The standard InChI is InChI=1S/C13H18N2O5S/c16-9-15(7-12(17)8-21(18,19)20)6-11-5-10-3-1-2-4-13(10)14-11/h1-5,12,14,16-17H,6-9H2,(H,18,19,20). The number of benzene rings is 1. The quantitative estimate of drug-likeness (QED) is 0.428. The second-order valence-corrected chi connectivity index (χ2v) is 6.43. The highest BCUT2D eigenvalue weighted by Gasteiger charge is 2.18.